The number of nitrogens with one attached hydrogen (secondary N) is 1. The molecule has 0 unspecified atom stereocenters. The Morgan fingerprint density at radius 2 is 1.70 bits per heavy atom. The summed E-state index contributed by atoms with van der Waals surface area (Å²) in [5, 5.41) is 11.7. The molecule has 0 aliphatic rings. The van der Waals surface area contributed by atoms with Gasteiger partial charge < -0.3 is 10.4 Å². The molecule has 0 spiro atoms. The molecule has 0 saturated heterocycles. The monoisotopic (exact) mass is 269 g/mol. The molecule has 2 aromatic carbocycles. The molecule has 0 atom stereocenters. The Balaban J connectivity index is 2.31. The van der Waals surface area contributed by atoms with E-state index in [0.717, 1.165) is 16.7 Å². The summed E-state index contributed by atoms with van der Waals surface area (Å²) < 4.78 is 0. The number of hydrogen-bond donors (Lipinski definition) is 2. The molecular formula is C16H15NO3. The number of carboxylic acid groups (broad SMARTS) is 1. The lowest BCUT2D eigenvalue weighted by Gasteiger charge is -2.10. The van der Waals surface area contributed by atoms with Crippen LogP contribution in [0, 0.1) is 0 Å². The zero-order chi connectivity index (χ0) is 14.5. The fraction of sp³-hybridized carbons (Fsp3) is 0.125. The Morgan fingerprint density at radius 3 is 2.30 bits per heavy atom. The highest BCUT2D eigenvalue weighted by Crippen LogP contribution is 2.24. The van der Waals surface area contributed by atoms with Crippen LogP contribution in [0.4, 0.5) is 0 Å². The molecule has 0 saturated carbocycles. The van der Waals surface area contributed by atoms with Crippen LogP contribution in [0.25, 0.3) is 11.1 Å². The van der Waals surface area contributed by atoms with E-state index in [-0.39, 0.29) is 11.5 Å². The van der Waals surface area contributed by atoms with Crippen molar-refractivity contribution in [3.8, 4) is 11.1 Å². The zero-order valence-electron chi connectivity index (χ0n) is 11.1. The predicted octanol–water partition coefficient (Wildman–Crippen LogP) is 2.69. The normalized spacial score (nSPS) is 10.1. The Labute approximate surface area is 117 Å². The van der Waals surface area contributed by atoms with Gasteiger partial charge in [0.1, 0.15) is 0 Å². The fourth-order valence-corrected chi connectivity index (χ4v) is 1.97. The highest BCUT2D eigenvalue weighted by molar-refractivity contribution is 5.88. The van der Waals surface area contributed by atoms with Gasteiger partial charge in [-0.25, -0.2) is 4.79 Å². The average Bonchev–Trinajstić information content (AvgIpc) is 2.45. The van der Waals surface area contributed by atoms with E-state index in [2.05, 4.69) is 5.32 Å². The molecule has 1 amide bonds. The minimum atomic E-state index is -0.942. The van der Waals surface area contributed by atoms with E-state index in [1.807, 2.05) is 24.3 Å². The maximum Gasteiger partial charge on any atom is 0.335 e. The number of aromatic carboxylic acids is 1. The van der Waals surface area contributed by atoms with Crippen LogP contribution in [-0.2, 0) is 11.3 Å². The topological polar surface area (TPSA) is 66.4 Å². The van der Waals surface area contributed by atoms with Crippen LogP contribution in [0.2, 0.25) is 0 Å². The van der Waals surface area contributed by atoms with Crippen LogP contribution in [0.1, 0.15) is 22.8 Å². The number of rotatable bonds is 4. The van der Waals surface area contributed by atoms with Crippen molar-refractivity contribution in [2.24, 2.45) is 0 Å². The number of benzene rings is 2. The molecule has 4 nitrogen and oxygen atoms in total. The van der Waals surface area contributed by atoms with Gasteiger partial charge in [-0.05, 0) is 28.8 Å². The van der Waals surface area contributed by atoms with Crippen molar-refractivity contribution in [3.05, 3.63) is 59.7 Å². The molecule has 102 valence electrons. The molecule has 0 bridgehead atoms. The Bertz CT molecular complexity index is 632. The summed E-state index contributed by atoms with van der Waals surface area (Å²) in [6.07, 6.45) is 0. The van der Waals surface area contributed by atoms with Crippen molar-refractivity contribution in [2.45, 2.75) is 13.5 Å². The fourth-order valence-electron chi connectivity index (χ4n) is 1.97. The number of carboxylic acids is 1. The third-order valence-corrected chi connectivity index (χ3v) is 2.99. The second-order valence-electron chi connectivity index (χ2n) is 4.45. The van der Waals surface area contributed by atoms with E-state index >= 15 is 0 Å². The van der Waals surface area contributed by atoms with E-state index < -0.39 is 5.97 Å². The first-order valence-corrected chi connectivity index (χ1v) is 6.24. The highest BCUT2D eigenvalue weighted by atomic mass is 16.4. The van der Waals surface area contributed by atoms with Gasteiger partial charge in [0.15, 0.2) is 0 Å². The van der Waals surface area contributed by atoms with Crippen LogP contribution in [0.15, 0.2) is 48.5 Å². The average molecular weight is 269 g/mol. The van der Waals surface area contributed by atoms with Crippen molar-refractivity contribution in [1.82, 2.24) is 5.32 Å². The lowest BCUT2D eigenvalue weighted by atomic mass is 9.98. The van der Waals surface area contributed by atoms with Crippen molar-refractivity contribution in [2.75, 3.05) is 0 Å². The van der Waals surface area contributed by atoms with Gasteiger partial charge in [0.05, 0.1) is 5.56 Å². The quantitative estimate of drug-likeness (QED) is 0.896. The summed E-state index contributed by atoms with van der Waals surface area (Å²) in [7, 11) is 0. The van der Waals surface area contributed by atoms with Crippen LogP contribution >= 0.6 is 0 Å². The van der Waals surface area contributed by atoms with E-state index in [1.54, 1.807) is 24.3 Å². The van der Waals surface area contributed by atoms with Gasteiger partial charge >= 0.3 is 5.97 Å². The maximum atomic E-state index is 11.0. The van der Waals surface area contributed by atoms with Gasteiger partial charge in [0.25, 0.3) is 0 Å². The van der Waals surface area contributed by atoms with Gasteiger partial charge in [-0.15, -0.1) is 0 Å². The molecule has 0 radical (unpaired) electrons. The zero-order valence-corrected chi connectivity index (χ0v) is 11.1. The standard InChI is InChI=1S/C16H15NO3/c1-11(18)17-10-14-4-2-3-5-15(14)12-6-8-13(9-7-12)16(19)20/h2-9H,10H2,1H3,(H,17,18)(H,19,20). The third kappa shape index (κ3) is 3.23. The van der Waals surface area contributed by atoms with E-state index in [9.17, 15) is 9.59 Å². The Kier molecular flexibility index (Phi) is 4.15. The van der Waals surface area contributed by atoms with Crippen LogP contribution < -0.4 is 5.32 Å². The van der Waals surface area contributed by atoms with E-state index in [4.69, 9.17) is 5.11 Å². The number of carbonyl (C=O) groups is 2. The lowest BCUT2D eigenvalue weighted by Crippen LogP contribution is -2.19. The molecule has 0 heterocycles. The van der Waals surface area contributed by atoms with Gasteiger partial charge in [0.2, 0.25) is 5.91 Å². The Hall–Kier alpha value is -2.62. The summed E-state index contributed by atoms with van der Waals surface area (Å²) in [6.45, 7) is 1.93. The van der Waals surface area contributed by atoms with E-state index in [0.29, 0.717) is 6.54 Å². The molecule has 0 fully saturated rings. The lowest BCUT2D eigenvalue weighted by molar-refractivity contribution is -0.119. The minimum absolute atomic E-state index is 0.0824. The molecule has 2 aromatic rings. The molecule has 0 aliphatic carbocycles. The van der Waals surface area contributed by atoms with Gasteiger partial charge in [-0.2, -0.15) is 0 Å². The van der Waals surface area contributed by atoms with Crippen molar-refractivity contribution >= 4 is 11.9 Å². The summed E-state index contributed by atoms with van der Waals surface area (Å²) in [5.41, 5.74) is 3.16. The summed E-state index contributed by atoms with van der Waals surface area (Å²) in [5.74, 6) is -1.02. The smallest absolute Gasteiger partial charge is 0.335 e. The second kappa shape index (κ2) is 6.02. The molecular weight excluding hydrogens is 254 g/mol. The van der Waals surface area contributed by atoms with Gasteiger partial charge in [0, 0.05) is 13.5 Å². The van der Waals surface area contributed by atoms with E-state index in [1.165, 1.54) is 6.92 Å². The van der Waals surface area contributed by atoms with Gasteiger partial charge in [-0.3, -0.25) is 4.79 Å². The maximum absolute atomic E-state index is 11.0. The molecule has 2 N–H and O–H groups in total. The van der Waals surface area contributed by atoms with Crippen molar-refractivity contribution in [1.29, 1.82) is 0 Å². The van der Waals surface area contributed by atoms with Crippen LogP contribution in [0.3, 0.4) is 0 Å². The molecule has 20 heavy (non-hydrogen) atoms. The number of amides is 1. The first kappa shape index (κ1) is 13.8. The second-order valence-corrected chi connectivity index (χ2v) is 4.45. The summed E-state index contributed by atoms with van der Waals surface area (Å²) in [4.78, 5) is 21.9. The third-order valence-electron chi connectivity index (χ3n) is 2.99. The molecule has 2 rings (SSSR count). The molecule has 0 aromatic heterocycles. The van der Waals surface area contributed by atoms with Crippen LogP contribution in [-0.4, -0.2) is 17.0 Å². The first-order chi connectivity index (χ1) is 9.58. The summed E-state index contributed by atoms with van der Waals surface area (Å²) in [6, 6.07) is 14.4. The molecule has 4 heteroatoms. The summed E-state index contributed by atoms with van der Waals surface area (Å²) >= 11 is 0. The SMILES string of the molecule is CC(=O)NCc1ccccc1-c1ccc(C(=O)O)cc1. The number of hydrogen-bond acceptors (Lipinski definition) is 2. The molecule has 0 aliphatic heterocycles. The first-order valence-electron chi connectivity index (χ1n) is 6.24. The largest absolute Gasteiger partial charge is 0.478 e. The predicted molar refractivity (Wildman–Crippen MR) is 76.4 cm³/mol. The van der Waals surface area contributed by atoms with Crippen LogP contribution in [0.5, 0.6) is 0 Å². The van der Waals surface area contributed by atoms with Crippen molar-refractivity contribution < 1.29 is 14.7 Å². The number of carbonyl (C=O) groups excluding carboxylic acids is 1. The Morgan fingerprint density at radius 1 is 1.05 bits per heavy atom. The van der Waals surface area contributed by atoms with Gasteiger partial charge in [-0.1, -0.05) is 36.4 Å². The minimum Gasteiger partial charge on any atom is -0.478 e. The highest BCUT2D eigenvalue weighted by Gasteiger charge is 2.07. The van der Waals surface area contributed by atoms with Crippen molar-refractivity contribution in [3.63, 3.8) is 0 Å².